The summed E-state index contributed by atoms with van der Waals surface area (Å²) in [4.78, 5) is 26.1. The van der Waals surface area contributed by atoms with Crippen LogP contribution in [-0.4, -0.2) is 64.3 Å². The standard InChI is InChI=1S/C24H28N6O3S/c1-14(32-3)11-29(2)24(31)15-5-6-17-20(9-15)34-23-21(17)22(25-13-26-23)28-18-10-16-7-8-27-30(16)12-19(18)33-4/h7-8,10,12-15H,5-6,9,11H2,1-4H3,(H,25,26,28)/t14-,15?/m0/s1. The van der Waals surface area contributed by atoms with Gasteiger partial charge in [-0.25, -0.2) is 14.5 Å². The number of ether oxygens (including phenoxy) is 2. The fourth-order valence-corrected chi connectivity index (χ4v) is 5.88. The van der Waals surface area contributed by atoms with Crippen LogP contribution in [0.5, 0.6) is 5.75 Å². The van der Waals surface area contributed by atoms with Gasteiger partial charge in [-0.3, -0.25) is 4.79 Å². The van der Waals surface area contributed by atoms with Gasteiger partial charge in [-0.15, -0.1) is 11.3 Å². The predicted octanol–water partition coefficient (Wildman–Crippen LogP) is 3.69. The third-order valence-corrected chi connectivity index (χ3v) is 7.64. The number of likely N-dealkylation sites (N-methyl/N-ethyl adjacent to an activating group) is 1. The van der Waals surface area contributed by atoms with Crippen LogP contribution < -0.4 is 10.1 Å². The summed E-state index contributed by atoms with van der Waals surface area (Å²) >= 11 is 1.66. The van der Waals surface area contributed by atoms with Crippen molar-refractivity contribution >= 4 is 44.5 Å². The van der Waals surface area contributed by atoms with Crippen LogP contribution in [0.15, 0.2) is 30.9 Å². The van der Waals surface area contributed by atoms with Gasteiger partial charge in [0.05, 0.1) is 36.0 Å². The number of thiophene rings is 1. The Kier molecular flexibility index (Phi) is 6.09. The van der Waals surface area contributed by atoms with Gasteiger partial charge in [0, 0.05) is 37.7 Å². The number of aryl methyl sites for hydroxylation is 1. The second kappa shape index (κ2) is 9.19. The van der Waals surface area contributed by atoms with Crippen molar-refractivity contribution in [3.05, 3.63) is 41.3 Å². The molecule has 4 aromatic rings. The summed E-state index contributed by atoms with van der Waals surface area (Å²) in [6.07, 6.45) is 7.55. The minimum atomic E-state index is -0.0247. The van der Waals surface area contributed by atoms with E-state index in [0.717, 1.165) is 46.5 Å². The average molecular weight is 481 g/mol. The number of hydrogen-bond donors (Lipinski definition) is 1. The maximum atomic E-state index is 13.1. The molecule has 0 spiro atoms. The molecule has 0 aliphatic heterocycles. The molecular weight excluding hydrogens is 452 g/mol. The lowest BCUT2D eigenvalue weighted by Gasteiger charge is -2.28. The molecule has 0 fully saturated rings. The van der Waals surface area contributed by atoms with Gasteiger partial charge < -0.3 is 19.7 Å². The fourth-order valence-electron chi connectivity index (χ4n) is 4.61. The number of methoxy groups -OCH3 is 2. The normalized spacial score (nSPS) is 16.4. The fraction of sp³-hybridized carbons (Fsp3) is 0.417. The van der Waals surface area contributed by atoms with E-state index in [2.05, 4.69) is 20.4 Å². The van der Waals surface area contributed by atoms with Crippen LogP contribution in [-0.2, 0) is 22.4 Å². The largest absolute Gasteiger partial charge is 0.493 e. The Bertz CT molecular complexity index is 1350. The molecule has 1 amide bonds. The molecule has 10 heteroatoms. The molecule has 0 saturated heterocycles. The van der Waals surface area contributed by atoms with E-state index >= 15 is 0 Å². The van der Waals surface area contributed by atoms with Crippen LogP contribution >= 0.6 is 11.3 Å². The predicted molar refractivity (Wildman–Crippen MR) is 132 cm³/mol. The monoisotopic (exact) mass is 480 g/mol. The Morgan fingerprint density at radius 1 is 1.38 bits per heavy atom. The summed E-state index contributed by atoms with van der Waals surface area (Å²) in [6.45, 7) is 2.57. The van der Waals surface area contributed by atoms with Crippen molar-refractivity contribution in [2.45, 2.75) is 32.3 Å². The van der Waals surface area contributed by atoms with E-state index in [1.54, 1.807) is 47.5 Å². The van der Waals surface area contributed by atoms with E-state index in [1.165, 1.54) is 10.4 Å². The molecule has 1 N–H and O–H groups in total. The minimum Gasteiger partial charge on any atom is -0.493 e. The van der Waals surface area contributed by atoms with Gasteiger partial charge in [0.2, 0.25) is 5.91 Å². The number of pyridine rings is 1. The van der Waals surface area contributed by atoms with E-state index in [0.29, 0.717) is 12.3 Å². The summed E-state index contributed by atoms with van der Waals surface area (Å²) in [5.74, 6) is 1.57. The molecule has 0 bridgehead atoms. The average Bonchev–Trinajstić information content (AvgIpc) is 3.46. The number of carbonyl (C=O) groups excluding carboxylic acids is 1. The van der Waals surface area contributed by atoms with Gasteiger partial charge in [0.1, 0.15) is 17.0 Å². The van der Waals surface area contributed by atoms with Gasteiger partial charge in [-0.1, -0.05) is 0 Å². The van der Waals surface area contributed by atoms with E-state index in [4.69, 9.17) is 9.47 Å². The van der Waals surface area contributed by atoms with E-state index in [-0.39, 0.29) is 17.9 Å². The van der Waals surface area contributed by atoms with Crippen molar-refractivity contribution in [3.8, 4) is 5.75 Å². The Balaban J connectivity index is 1.44. The van der Waals surface area contributed by atoms with Crippen molar-refractivity contribution in [2.24, 2.45) is 5.92 Å². The smallest absolute Gasteiger partial charge is 0.225 e. The van der Waals surface area contributed by atoms with Crippen LogP contribution in [0.3, 0.4) is 0 Å². The first-order valence-electron chi connectivity index (χ1n) is 11.3. The molecule has 1 aliphatic carbocycles. The van der Waals surface area contributed by atoms with Gasteiger partial charge in [0.25, 0.3) is 0 Å². The zero-order valence-electron chi connectivity index (χ0n) is 19.7. The topological polar surface area (TPSA) is 93.9 Å². The first kappa shape index (κ1) is 22.5. The Morgan fingerprint density at radius 2 is 2.24 bits per heavy atom. The second-order valence-corrected chi connectivity index (χ2v) is 9.78. The lowest BCUT2D eigenvalue weighted by Crippen LogP contribution is -2.39. The molecule has 34 heavy (non-hydrogen) atoms. The Labute approximate surface area is 201 Å². The Morgan fingerprint density at radius 3 is 3.03 bits per heavy atom. The van der Waals surface area contributed by atoms with E-state index < -0.39 is 0 Å². The van der Waals surface area contributed by atoms with Gasteiger partial charge in [-0.05, 0) is 43.9 Å². The summed E-state index contributed by atoms with van der Waals surface area (Å²) in [5.41, 5.74) is 3.01. The summed E-state index contributed by atoms with van der Waals surface area (Å²) in [6, 6.07) is 3.93. The summed E-state index contributed by atoms with van der Waals surface area (Å²) in [7, 11) is 5.17. The molecule has 5 rings (SSSR count). The van der Waals surface area contributed by atoms with Crippen molar-refractivity contribution in [1.29, 1.82) is 0 Å². The van der Waals surface area contributed by atoms with Gasteiger partial charge >= 0.3 is 0 Å². The zero-order valence-corrected chi connectivity index (χ0v) is 20.6. The number of rotatable bonds is 7. The third-order valence-electron chi connectivity index (χ3n) is 6.48. The first-order chi connectivity index (χ1) is 16.5. The van der Waals surface area contributed by atoms with Crippen molar-refractivity contribution in [2.75, 3.05) is 33.1 Å². The molecule has 9 nitrogen and oxygen atoms in total. The van der Waals surface area contributed by atoms with Crippen LogP contribution in [0, 0.1) is 5.92 Å². The minimum absolute atomic E-state index is 0.0140. The molecule has 2 atom stereocenters. The highest BCUT2D eigenvalue weighted by Gasteiger charge is 2.31. The third kappa shape index (κ3) is 4.07. The number of amides is 1. The second-order valence-electron chi connectivity index (χ2n) is 8.69. The van der Waals surface area contributed by atoms with Crippen molar-refractivity contribution < 1.29 is 14.3 Å². The lowest BCUT2D eigenvalue weighted by atomic mass is 9.87. The molecule has 4 aromatic heterocycles. The lowest BCUT2D eigenvalue weighted by molar-refractivity contribution is -0.135. The van der Waals surface area contributed by atoms with E-state index in [9.17, 15) is 4.79 Å². The van der Waals surface area contributed by atoms with Crippen molar-refractivity contribution in [3.63, 3.8) is 0 Å². The zero-order chi connectivity index (χ0) is 23.8. The summed E-state index contributed by atoms with van der Waals surface area (Å²) < 4.78 is 12.7. The number of aromatic nitrogens is 4. The Hall–Kier alpha value is -3.24. The van der Waals surface area contributed by atoms with E-state index in [1.807, 2.05) is 32.3 Å². The summed E-state index contributed by atoms with van der Waals surface area (Å²) in [5, 5.41) is 8.77. The highest BCUT2D eigenvalue weighted by molar-refractivity contribution is 7.19. The maximum Gasteiger partial charge on any atom is 0.225 e. The van der Waals surface area contributed by atoms with Crippen LogP contribution in [0.4, 0.5) is 11.5 Å². The molecular formula is C24H28N6O3S. The number of nitrogens with zero attached hydrogens (tertiary/aromatic N) is 5. The molecule has 4 heterocycles. The van der Waals surface area contributed by atoms with Gasteiger partial charge in [-0.2, -0.15) is 5.10 Å². The number of anilines is 2. The number of carbonyl (C=O) groups is 1. The van der Waals surface area contributed by atoms with Gasteiger partial charge in [0.15, 0.2) is 5.75 Å². The number of nitrogens with one attached hydrogen (secondary N) is 1. The SMILES string of the molecule is COc1cn2nccc2cc1Nc1ncnc2sc3c(c12)CCC(C(=O)N(C)C[C@H](C)OC)C3. The first-order valence-corrected chi connectivity index (χ1v) is 12.1. The number of fused-ring (bicyclic) bond motifs is 4. The van der Waals surface area contributed by atoms with Crippen LogP contribution in [0.2, 0.25) is 0 Å². The molecule has 0 radical (unpaired) electrons. The molecule has 0 saturated carbocycles. The maximum absolute atomic E-state index is 13.1. The van der Waals surface area contributed by atoms with Crippen molar-refractivity contribution in [1.82, 2.24) is 24.5 Å². The molecule has 1 unspecified atom stereocenters. The quantitative estimate of drug-likeness (QED) is 0.431. The number of hydrogen-bond acceptors (Lipinski definition) is 8. The van der Waals surface area contributed by atoms with Crippen LogP contribution in [0.25, 0.3) is 15.7 Å². The highest BCUT2D eigenvalue weighted by Crippen LogP contribution is 2.41. The van der Waals surface area contributed by atoms with Crippen LogP contribution in [0.1, 0.15) is 23.8 Å². The molecule has 0 aromatic carbocycles. The molecule has 178 valence electrons. The highest BCUT2D eigenvalue weighted by atomic mass is 32.1. The molecule has 1 aliphatic rings.